The second kappa shape index (κ2) is 4.26. The molecule has 0 saturated carbocycles. The first-order valence-corrected chi connectivity index (χ1v) is 5.41. The van der Waals surface area contributed by atoms with Crippen molar-refractivity contribution in [2.75, 3.05) is 26.2 Å². The summed E-state index contributed by atoms with van der Waals surface area (Å²) in [6, 6.07) is 0. The molecule has 0 unspecified atom stereocenters. The van der Waals surface area contributed by atoms with Crippen LogP contribution in [0, 0.1) is 5.92 Å². The second-order valence-electron chi connectivity index (χ2n) is 4.19. The summed E-state index contributed by atoms with van der Waals surface area (Å²) in [4.78, 5) is 13.6. The monoisotopic (exact) mass is 200 g/mol. The molecule has 2 rings (SSSR count). The summed E-state index contributed by atoms with van der Waals surface area (Å²) >= 11 is 0. The van der Waals surface area contributed by atoms with Gasteiger partial charge >= 0.3 is 0 Å². The minimum atomic E-state index is -0.791. The number of hydrogen-bond donors (Lipinski definition) is 1. The van der Waals surface area contributed by atoms with Crippen LogP contribution in [0.25, 0.3) is 0 Å². The molecular formula is C10H17FN2O. The van der Waals surface area contributed by atoms with Crippen molar-refractivity contribution in [3.05, 3.63) is 0 Å². The summed E-state index contributed by atoms with van der Waals surface area (Å²) in [6.45, 7) is 2.78. The average molecular weight is 200 g/mol. The zero-order valence-electron chi connectivity index (χ0n) is 8.34. The highest BCUT2D eigenvalue weighted by Crippen LogP contribution is 2.20. The smallest absolute Gasteiger partial charge is 0.225 e. The van der Waals surface area contributed by atoms with Crippen LogP contribution < -0.4 is 5.32 Å². The van der Waals surface area contributed by atoms with E-state index in [1.54, 1.807) is 4.90 Å². The maximum atomic E-state index is 12.9. The van der Waals surface area contributed by atoms with E-state index in [2.05, 4.69) is 5.32 Å². The summed E-state index contributed by atoms with van der Waals surface area (Å²) < 4.78 is 12.9. The third-order valence-electron chi connectivity index (χ3n) is 3.13. The Kier molecular flexibility index (Phi) is 3.01. The van der Waals surface area contributed by atoms with Gasteiger partial charge in [0.05, 0.1) is 6.54 Å². The van der Waals surface area contributed by atoms with Crippen LogP contribution in [0.1, 0.15) is 19.3 Å². The molecule has 1 N–H and O–H groups in total. The molecule has 14 heavy (non-hydrogen) atoms. The van der Waals surface area contributed by atoms with E-state index in [1.807, 2.05) is 0 Å². The fourth-order valence-electron chi connectivity index (χ4n) is 2.24. The number of alkyl halides is 1. The predicted octanol–water partition coefficient (Wildman–Crippen LogP) is 0.556. The third kappa shape index (κ3) is 2.05. The van der Waals surface area contributed by atoms with Crippen molar-refractivity contribution in [1.29, 1.82) is 0 Å². The maximum Gasteiger partial charge on any atom is 0.225 e. The summed E-state index contributed by atoms with van der Waals surface area (Å²) in [7, 11) is 0. The van der Waals surface area contributed by atoms with Crippen molar-refractivity contribution in [2.24, 2.45) is 5.92 Å². The lowest BCUT2D eigenvalue weighted by atomic mass is 9.97. The minimum Gasteiger partial charge on any atom is -0.339 e. The van der Waals surface area contributed by atoms with Crippen molar-refractivity contribution in [3.63, 3.8) is 0 Å². The zero-order chi connectivity index (χ0) is 9.97. The molecule has 2 fully saturated rings. The summed E-state index contributed by atoms with van der Waals surface area (Å²) in [5.74, 6) is 0.313. The fraction of sp³-hybridized carbons (Fsp3) is 0.900. The van der Waals surface area contributed by atoms with Gasteiger partial charge in [-0.3, -0.25) is 4.79 Å². The molecule has 2 aliphatic rings. The number of carbonyl (C=O) groups excluding carboxylic acids is 1. The third-order valence-corrected chi connectivity index (χ3v) is 3.13. The van der Waals surface area contributed by atoms with Gasteiger partial charge < -0.3 is 10.2 Å². The summed E-state index contributed by atoms with van der Waals surface area (Å²) in [6.07, 6.45) is 1.55. The van der Waals surface area contributed by atoms with Crippen molar-refractivity contribution < 1.29 is 9.18 Å². The van der Waals surface area contributed by atoms with Crippen molar-refractivity contribution in [2.45, 2.75) is 25.4 Å². The van der Waals surface area contributed by atoms with Crippen LogP contribution in [0.4, 0.5) is 4.39 Å². The van der Waals surface area contributed by atoms with Crippen molar-refractivity contribution >= 4 is 5.91 Å². The van der Waals surface area contributed by atoms with Crippen LogP contribution in [0.15, 0.2) is 0 Å². The van der Waals surface area contributed by atoms with Crippen LogP contribution in [0.2, 0.25) is 0 Å². The minimum absolute atomic E-state index is 0.140. The van der Waals surface area contributed by atoms with Gasteiger partial charge in [-0.2, -0.15) is 0 Å². The van der Waals surface area contributed by atoms with Crippen LogP contribution >= 0.6 is 0 Å². The van der Waals surface area contributed by atoms with E-state index < -0.39 is 6.17 Å². The van der Waals surface area contributed by atoms with Crippen molar-refractivity contribution in [1.82, 2.24) is 10.2 Å². The van der Waals surface area contributed by atoms with Gasteiger partial charge in [-0.1, -0.05) is 0 Å². The molecule has 1 amide bonds. The molecule has 3 nitrogen and oxygen atoms in total. The largest absolute Gasteiger partial charge is 0.339 e. The molecule has 0 aromatic carbocycles. The molecule has 2 aliphatic heterocycles. The standard InChI is InChI=1S/C10H17FN2O/c11-9-3-6-13(7-9)10(14)8-1-4-12-5-2-8/h8-9,12H,1-7H2/t9-/m1/s1. The molecule has 4 heteroatoms. The molecule has 0 bridgehead atoms. The van der Waals surface area contributed by atoms with Gasteiger partial charge in [0.2, 0.25) is 5.91 Å². The normalized spacial score (nSPS) is 29.5. The molecule has 2 heterocycles. The number of rotatable bonds is 1. The number of hydrogen-bond acceptors (Lipinski definition) is 2. The number of nitrogens with one attached hydrogen (secondary N) is 1. The van der Waals surface area contributed by atoms with Crippen LogP contribution in [-0.2, 0) is 4.79 Å². The van der Waals surface area contributed by atoms with Crippen LogP contribution in [-0.4, -0.2) is 43.2 Å². The number of likely N-dealkylation sites (tertiary alicyclic amines) is 1. The van der Waals surface area contributed by atoms with Crippen LogP contribution in [0.3, 0.4) is 0 Å². The van der Waals surface area contributed by atoms with Gasteiger partial charge in [0.15, 0.2) is 0 Å². The Morgan fingerprint density at radius 1 is 1.29 bits per heavy atom. The quantitative estimate of drug-likeness (QED) is 0.670. The summed E-state index contributed by atoms with van der Waals surface area (Å²) in [5.41, 5.74) is 0. The Balaban J connectivity index is 1.87. The SMILES string of the molecule is O=C(C1CCNCC1)N1CC[C@@H](F)C1. The fourth-order valence-corrected chi connectivity index (χ4v) is 2.24. The first-order valence-electron chi connectivity index (χ1n) is 5.41. The van der Waals surface area contributed by atoms with Gasteiger partial charge in [-0.05, 0) is 32.4 Å². The molecule has 0 spiro atoms. The molecule has 0 aromatic rings. The number of nitrogens with zero attached hydrogens (tertiary/aromatic N) is 1. The Bertz CT molecular complexity index is 209. The first kappa shape index (κ1) is 9.90. The molecule has 0 aliphatic carbocycles. The highest BCUT2D eigenvalue weighted by atomic mass is 19.1. The van der Waals surface area contributed by atoms with Gasteiger partial charge in [0, 0.05) is 12.5 Å². The molecule has 0 aromatic heterocycles. The Morgan fingerprint density at radius 3 is 2.57 bits per heavy atom. The van der Waals surface area contributed by atoms with E-state index in [4.69, 9.17) is 0 Å². The highest BCUT2D eigenvalue weighted by Gasteiger charge is 2.31. The predicted molar refractivity (Wildman–Crippen MR) is 51.7 cm³/mol. The van der Waals surface area contributed by atoms with Crippen LogP contribution in [0.5, 0.6) is 0 Å². The van der Waals surface area contributed by atoms with E-state index in [9.17, 15) is 9.18 Å². The highest BCUT2D eigenvalue weighted by molar-refractivity contribution is 5.79. The van der Waals surface area contributed by atoms with E-state index in [0.29, 0.717) is 19.5 Å². The average Bonchev–Trinajstić information content (AvgIpc) is 2.65. The topological polar surface area (TPSA) is 32.3 Å². The molecule has 1 atom stereocenters. The van der Waals surface area contributed by atoms with E-state index >= 15 is 0 Å². The van der Waals surface area contributed by atoms with Gasteiger partial charge in [-0.25, -0.2) is 4.39 Å². The Morgan fingerprint density at radius 2 is 2.00 bits per heavy atom. The van der Waals surface area contributed by atoms with Gasteiger partial charge in [-0.15, -0.1) is 0 Å². The lowest BCUT2D eigenvalue weighted by molar-refractivity contribution is -0.135. The molecule has 80 valence electrons. The summed E-state index contributed by atoms with van der Waals surface area (Å²) in [5, 5.41) is 3.22. The van der Waals surface area contributed by atoms with Crippen molar-refractivity contribution in [3.8, 4) is 0 Å². The lowest BCUT2D eigenvalue weighted by Gasteiger charge is -2.26. The van der Waals surface area contributed by atoms with Gasteiger partial charge in [0.25, 0.3) is 0 Å². The van der Waals surface area contributed by atoms with Gasteiger partial charge in [0.1, 0.15) is 6.17 Å². The first-order chi connectivity index (χ1) is 6.77. The van der Waals surface area contributed by atoms with E-state index in [0.717, 1.165) is 25.9 Å². The number of carbonyl (C=O) groups is 1. The lowest BCUT2D eigenvalue weighted by Crippen LogP contribution is -2.40. The second-order valence-corrected chi connectivity index (χ2v) is 4.19. The van der Waals surface area contributed by atoms with E-state index in [1.165, 1.54) is 0 Å². The molecule has 0 radical (unpaired) electrons. The molecule has 2 saturated heterocycles. The maximum absolute atomic E-state index is 12.9. The Hall–Kier alpha value is -0.640. The molecular weight excluding hydrogens is 183 g/mol. The number of halogens is 1. The zero-order valence-corrected chi connectivity index (χ0v) is 8.34. The number of piperidine rings is 1. The Labute approximate surface area is 83.6 Å². The van der Waals surface area contributed by atoms with E-state index in [-0.39, 0.29) is 11.8 Å². The number of amides is 1.